The van der Waals surface area contributed by atoms with Gasteiger partial charge in [0.25, 0.3) is 5.89 Å². The quantitative estimate of drug-likeness (QED) is 0.737. The van der Waals surface area contributed by atoms with E-state index in [4.69, 9.17) is 9.15 Å². The van der Waals surface area contributed by atoms with E-state index in [1.165, 1.54) is 0 Å². The summed E-state index contributed by atoms with van der Waals surface area (Å²) in [5.74, 6) is -0.0669. The third-order valence-electron chi connectivity index (χ3n) is 1.92. The van der Waals surface area contributed by atoms with Crippen molar-refractivity contribution >= 4 is 5.97 Å². The van der Waals surface area contributed by atoms with E-state index in [0.29, 0.717) is 5.89 Å². The molecule has 1 aromatic heterocycles. The van der Waals surface area contributed by atoms with Gasteiger partial charge in [0.15, 0.2) is 0 Å². The molecule has 0 spiro atoms. The van der Waals surface area contributed by atoms with Gasteiger partial charge in [-0.3, -0.25) is 4.79 Å². The van der Waals surface area contributed by atoms with Crippen LogP contribution < -0.4 is 4.74 Å². The zero-order valence-corrected chi connectivity index (χ0v) is 8.71. The Morgan fingerprint density at radius 2 is 2.06 bits per heavy atom. The summed E-state index contributed by atoms with van der Waals surface area (Å²) >= 11 is 0. The number of rotatable bonds is 3. The predicted octanol–water partition coefficient (Wildman–Crippen LogP) is 2.05. The Kier molecular flexibility index (Phi) is 2.95. The summed E-state index contributed by atoms with van der Waals surface area (Å²) in [5.41, 5.74) is 0.786. The fraction of sp³-hybridized carbons (Fsp3) is 0.182. The van der Waals surface area contributed by atoms with Gasteiger partial charge >= 0.3 is 12.0 Å². The number of carbonyl (C=O) groups is 1. The normalized spacial score (nSPS) is 10.1. The summed E-state index contributed by atoms with van der Waals surface area (Å²) in [7, 11) is 0. The Morgan fingerprint density at radius 3 is 2.75 bits per heavy atom. The fourth-order valence-electron chi connectivity index (χ4n) is 1.12. The number of benzene rings is 1. The maximum absolute atomic E-state index is 11.0. The average molecular weight is 218 g/mol. The molecule has 0 aliphatic rings. The highest BCUT2D eigenvalue weighted by Crippen LogP contribution is 2.20. The molecule has 0 unspecified atom stereocenters. The van der Waals surface area contributed by atoms with Gasteiger partial charge in [-0.1, -0.05) is 30.2 Å². The first kappa shape index (κ1) is 10.4. The van der Waals surface area contributed by atoms with Crippen molar-refractivity contribution in [3.05, 3.63) is 30.3 Å². The van der Waals surface area contributed by atoms with Crippen molar-refractivity contribution in [1.82, 2.24) is 10.2 Å². The van der Waals surface area contributed by atoms with Crippen molar-refractivity contribution in [2.45, 2.75) is 13.3 Å². The molecule has 1 heterocycles. The minimum atomic E-state index is -0.400. The predicted molar refractivity (Wildman–Crippen MR) is 55.7 cm³/mol. The number of aromatic nitrogens is 2. The lowest BCUT2D eigenvalue weighted by Crippen LogP contribution is -2.05. The first-order valence-corrected chi connectivity index (χ1v) is 4.89. The van der Waals surface area contributed by atoms with E-state index in [1.807, 2.05) is 30.3 Å². The first-order chi connectivity index (χ1) is 7.79. The van der Waals surface area contributed by atoms with Gasteiger partial charge in [0.05, 0.1) is 0 Å². The molecule has 82 valence electrons. The lowest BCUT2D eigenvalue weighted by molar-refractivity contribution is -0.135. The zero-order chi connectivity index (χ0) is 11.4. The largest absolute Gasteiger partial charge is 0.422 e. The molecule has 0 aliphatic carbocycles. The average Bonchev–Trinajstić information content (AvgIpc) is 2.78. The van der Waals surface area contributed by atoms with Gasteiger partial charge in [0.2, 0.25) is 0 Å². The second-order valence-corrected chi connectivity index (χ2v) is 3.07. The highest BCUT2D eigenvalue weighted by atomic mass is 16.6. The van der Waals surface area contributed by atoms with Gasteiger partial charge < -0.3 is 9.15 Å². The van der Waals surface area contributed by atoms with Crippen LogP contribution in [0.25, 0.3) is 11.5 Å². The van der Waals surface area contributed by atoms with E-state index >= 15 is 0 Å². The van der Waals surface area contributed by atoms with Crippen LogP contribution in [0.2, 0.25) is 0 Å². The number of hydrogen-bond donors (Lipinski definition) is 0. The fourth-order valence-corrected chi connectivity index (χ4v) is 1.12. The Bertz CT molecular complexity index is 479. The van der Waals surface area contributed by atoms with E-state index in [0.717, 1.165) is 5.56 Å². The molecule has 0 bridgehead atoms. The molecule has 0 fully saturated rings. The minimum absolute atomic E-state index is 0.120. The van der Waals surface area contributed by atoms with Crippen molar-refractivity contribution < 1.29 is 13.9 Å². The van der Waals surface area contributed by atoms with Crippen LogP contribution in [0.5, 0.6) is 6.08 Å². The lowest BCUT2D eigenvalue weighted by atomic mass is 10.2. The van der Waals surface area contributed by atoms with Crippen molar-refractivity contribution in [2.24, 2.45) is 0 Å². The third-order valence-corrected chi connectivity index (χ3v) is 1.92. The van der Waals surface area contributed by atoms with Crippen LogP contribution in [0.1, 0.15) is 13.3 Å². The monoisotopic (exact) mass is 218 g/mol. The molecule has 16 heavy (non-hydrogen) atoms. The van der Waals surface area contributed by atoms with Crippen LogP contribution in [0, 0.1) is 0 Å². The van der Waals surface area contributed by atoms with Crippen LogP contribution in [-0.2, 0) is 4.79 Å². The molecule has 5 nitrogen and oxygen atoms in total. The lowest BCUT2D eigenvalue weighted by Gasteiger charge is -1.94. The molecule has 0 atom stereocenters. The minimum Gasteiger partial charge on any atom is -0.388 e. The summed E-state index contributed by atoms with van der Waals surface area (Å²) in [5, 5.41) is 7.40. The van der Waals surface area contributed by atoms with Gasteiger partial charge in [-0.25, -0.2) is 0 Å². The van der Waals surface area contributed by atoms with Crippen molar-refractivity contribution in [3.8, 4) is 17.5 Å². The molecule has 2 rings (SSSR count). The summed E-state index contributed by atoms with van der Waals surface area (Å²) in [6.07, 6.45) is 0.147. The molecule has 0 N–H and O–H groups in total. The molecule has 0 aliphatic heterocycles. The molecule has 0 amide bonds. The second-order valence-electron chi connectivity index (χ2n) is 3.07. The van der Waals surface area contributed by atoms with Gasteiger partial charge in [0.1, 0.15) is 0 Å². The molecule has 5 heteroatoms. The summed E-state index contributed by atoms with van der Waals surface area (Å²) < 4.78 is 9.96. The molecular weight excluding hydrogens is 208 g/mol. The van der Waals surface area contributed by atoms with Crippen LogP contribution in [0.15, 0.2) is 34.7 Å². The Balaban J connectivity index is 2.17. The Morgan fingerprint density at radius 1 is 1.31 bits per heavy atom. The number of ether oxygens (including phenoxy) is 1. The van der Waals surface area contributed by atoms with E-state index in [-0.39, 0.29) is 12.5 Å². The highest BCUT2D eigenvalue weighted by Gasteiger charge is 2.11. The van der Waals surface area contributed by atoms with Crippen molar-refractivity contribution in [2.75, 3.05) is 0 Å². The number of esters is 1. The summed E-state index contributed by atoms with van der Waals surface area (Å²) in [6, 6.07) is 9.27. The van der Waals surface area contributed by atoms with Crippen LogP contribution >= 0.6 is 0 Å². The number of carbonyl (C=O) groups excluding carboxylic acids is 1. The van der Waals surface area contributed by atoms with Gasteiger partial charge in [-0.2, -0.15) is 0 Å². The maximum Gasteiger partial charge on any atom is 0.422 e. The highest BCUT2D eigenvalue weighted by molar-refractivity contribution is 5.70. The summed E-state index contributed by atoms with van der Waals surface area (Å²) in [4.78, 5) is 11.0. The smallest absolute Gasteiger partial charge is 0.388 e. The molecule has 0 saturated carbocycles. The first-order valence-electron chi connectivity index (χ1n) is 4.89. The molecule has 0 radical (unpaired) electrons. The van der Waals surface area contributed by atoms with Gasteiger partial charge in [-0.05, 0) is 12.1 Å². The third kappa shape index (κ3) is 2.25. The van der Waals surface area contributed by atoms with Crippen LogP contribution in [-0.4, -0.2) is 16.2 Å². The molecular formula is C11H10N2O3. The van der Waals surface area contributed by atoms with Gasteiger partial charge in [-0.15, -0.1) is 5.10 Å². The second kappa shape index (κ2) is 4.57. The Hall–Kier alpha value is -2.17. The van der Waals surface area contributed by atoms with E-state index in [9.17, 15) is 4.79 Å². The topological polar surface area (TPSA) is 65.2 Å². The molecule has 1 aromatic carbocycles. The van der Waals surface area contributed by atoms with Gasteiger partial charge in [0, 0.05) is 12.0 Å². The zero-order valence-electron chi connectivity index (χ0n) is 8.71. The maximum atomic E-state index is 11.0. The van der Waals surface area contributed by atoms with Crippen LogP contribution in [0.3, 0.4) is 0 Å². The molecule has 2 aromatic rings. The SMILES string of the molecule is CCC(=O)Oc1nnc(-c2ccccc2)o1. The van der Waals surface area contributed by atoms with Crippen molar-refractivity contribution in [3.63, 3.8) is 0 Å². The van der Waals surface area contributed by atoms with Crippen LogP contribution in [0.4, 0.5) is 0 Å². The molecule has 0 saturated heterocycles. The Labute approximate surface area is 92.1 Å². The number of nitrogens with zero attached hydrogens (tertiary/aromatic N) is 2. The number of hydrogen-bond acceptors (Lipinski definition) is 5. The summed E-state index contributed by atoms with van der Waals surface area (Å²) in [6.45, 7) is 1.69. The van der Waals surface area contributed by atoms with Crippen molar-refractivity contribution in [1.29, 1.82) is 0 Å². The van der Waals surface area contributed by atoms with E-state index in [2.05, 4.69) is 10.2 Å². The standard InChI is InChI=1S/C11H10N2O3/c1-2-9(14)15-11-13-12-10(16-11)8-6-4-3-5-7-8/h3-7H,2H2,1H3. The van der Waals surface area contributed by atoms with E-state index in [1.54, 1.807) is 6.92 Å². The van der Waals surface area contributed by atoms with E-state index < -0.39 is 5.97 Å².